The fourth-order valence-corrected chi connectivity index (χ4v) is 5.87. The summed E-state index contributed by atoms with van der Waals surface area (Å²) in [4.78, 5) is 18.2. The number of alkyl halides is 3. The Morgan fingerprint density at radius 1 is 1.07 bits per heavy atom. The van der Waals surface area contributed by atoms with Gasteiger partial charge >= 0.3 is 12.1 Å². The maximum absolute atomic E-state index is 13.0. The van der Waals surface area contributed by atoms with Crippen LogP contribution >= 0.6 is 23.1 Å². The highest BCUT2D eigenvalue weighted by atomic mass is 32.2. The second-order valence-electron chi connectivity index (χ2n) is 8.70. The molecule has 3 aromatic carbocycles. The number of hydrogen-bond donors (Lipinski definition) is 0. The minimum Gasteiger partial charge on any atom is -0.487 e. The van der Waals surface area contributed by atoms with E-state index in [0.717, 1.165) is 27.5 Å². The molecule has 0 aliphatic heterocycles. The predicted octanol–water partition coefficient (Wildman–Crippen LogP) is 7.82. The average Bonchev–Trinajstić information content (AvgIpc) is 3.37. The zero-order valence-corrected chi connectivity index (χ0v) is 23.8. The van der Waals surface area contributed by atoms with Crippen molar-refractivity contribution < 1.29 is 32.2 Å². The molecule has 0 aliphatic rings. The number of thiazole rings is 1. The van der Waals surface area contributed by atoms with Crippen molar-refractivity contribution in [2.45, 2.75) is 37.3 Å². The van der Waals surface area contributed by atoms with Gasteiger partial charge in [-0.1, -0.05) is 18.2 Å². The van der Waals surface area contributed by atoms with Gasteiger partial charge in [-0.2, -0.15) is 18.4 Å². The first-order chi connectivity index (χ1) is 19.7. The van der Waals surface area contributed by atoms with Gasteiger partial charge in [0.25, 0.3) is 0 Å². The van der Waals surface area contributed by atoms with Crippen molar-refractivity contribution in [1.29, 1.82) is 5.26 Å². The fraction of sp³-hybridized carbons (Fsp3) is 0.233. The maximum atomic E-state index is 13.0. The second-order valence-corrected chi connectivity index (χ2v) is 10.8. The summed E-state index contributed by atoms with van der Waals surface area (Å²) in [5.41, 5.74) is 1.83. The Morgan fingerprint density at radius 2 is 1.85 bits per heavy atom. The molecule has 41 heavy (non-hydrogen) atoms. The van der Waals surface area contributed by atoms with Gasteiger partial charge in [0.15, 0.2) is 6.61 Å². The van der Waals surface area contributed by atoms with Crippen LogP contribution in [0.2, 0.25) is 0 Å². The Balaban J connectivity index is 1.52. The van der Waals surface area contributed by atoms with Crippen molar-refractivity contribution in [3.8, 4) is 28.1 Å². The van der Waals surface area contributed by atoms with Gasteiger partial charge in [-0.05, 0) is 67.9 Å². The average molecular weight is 599 g/mol. The van der Waals surface area contributed by atoms with Crippen LogP contribution in [0.15, 0.2) is 71.6 Å². The molecular formula is C30H25F3N2O4S2. The molecule has 0 aliphatic carbocycles. The summed E-state index contributed by atoms with van der Waals surface area (Å²) in [7, 11) is 0. The smallest absolute Gasteiger partial charge is 0.416 e. The first-order valence-corrected chi connectivity index (χ1v) is 14.3. The Labute approximate surface area is 243 Å². The molecule has 1 aromatic heterocycles. The maximum Gasteiger partial charge on any atom is 0.416 e. The Morgan fingerprint density at radius 3 is 2.54 bits per heavy atom. The molecule has 0 fully saturated rings. The highest BCUT2D eigenvalue weighted by Gasteiger charge is 2.30. The predicted molar refractivity (Wildman–Crippen MR) is 151 cm³/mol. The summed E-state index contributed by atoms with van der Waals surface area (Å²) < 4.78 is 55.5. The van der Waals surface area contributed by atoms with Crippen LogP contribution < -0.4 is 9.47 Å². The van der Waals surface area contributed by atoms with Crippen molar-refractivity contribution >= 4 is 29.1 Å². The van der Waals surface area contributed by atoms with Crippen LogP contribution in [0.25, 0.3) is 10.6 Å². The third kappa shape index (κ3) is 8.25. The van der Waals surface area contributed by atoms with Gasteiger partial charge in [0, 0.05) is 21.1 Å². The highest BCUT2D eigenvalue weighted by molar-refractivity contribution is 7.98. The van der Waals surface area contributed by atoms with Gasteiger partial charge in [-0.15, -0.1) is 23.1 Å². The van der Waals surface area contributed by atoms with Crippen molar-refractivity contribution in [3.63, 3.8) is 0 Å². The molecule has 0 radical (unpaired) electrons. The van der Waals surface area contributed by atoms with E-state index in [1.807, 2.05) is 19.1 Å². The van der Waals surface area contributed by atoms with Crippen molar-refractivity contribution in [1.82, 2.24) is 4.98 Å². The standard InChI is InChI=1S/C30H25F3N2O4S2/c1-3-37-28(36)17-39-26-12-11-24(13-19(26)2)40-18-27-25(16-38-23-6-4-5-20(14-23)15-34)35-29(41-27)21-7-9-22(10-8-21)30(31,32)33/h4-14H,3,16-18H2,1-2H3. The number of thioether (sulfide) groups is 1. The molecule has 11 heteroatoms. The number of ether oxygens (including phenoxy) is 3. The number of nitriles is 1. The van der Waals surface area contributed by atoms with Crippen molar-refractivity contribution in [3.05, 3.63) is 94.0 Å². The van der Waals surface area contributed by atoms with Gasteiger partial charge in [0.05, 0.1) is 29.5 Å². The van der Waals surface area contributed by atoms with Crippen LogP contribution in [0.5, 0.6) is 11.5 Å². The Kier molecular flexibility index (Phi) is 9.91. The molecule has 0 unspecified atom stereocenters. The molecule has 6 nitrogen and oxygen atoms in total. The van der Waals surface area contributed by atoms with E-state index in [-0.39, 0.29) is 19.8 Å². The number of esters is 1. The molecule has 0 spiro atoms. The SMILES string of the molecule is CCOC(=O)COc1ccc(SCc2sc(-c3ccc(C(F)(F)F)cc3)nc2COc2cccc(C#N)c2)cc1C. The van der Waals surface area contributed by atoms with E-state index in [1.54, 1.807) is 49.0 Å². The number of rotatable bonds is 11. The molecule has 0 N–H and O–H groups in total. The minimum absolute atomic E-state index is 0.127. The minimum atomic E-state index is -4.42. The topological polar surface area (TPSA) is 81.4 Å². The van der Waals surface area contributed by atoms with Crippen LogP contribution in [0, 0.1) is 18.3 Å². The Bertz CT molecular complexity index is 1550. The van der Waals surface area contributed by atoms with E-state index in [2.05, 4.69) is 6.07 Å². The van der Waals surface area contributed by atoms with Crippen LogP contribution in [0.1, 0.15) is 34.2 Å². The quantitative estimate of drug-likeness (QED) is 0.129. The number of aryl methyl sites for hydroxylation is 1. The van der Waals surface area contributed by atoms with Crippen molar-refractivity contribution in [2.24, 2.45) is 0 Å². The van der Waals surface area contributed by atoms with E-state index in [0.29, 0.717) is 39.1 Å². The highest BCUT2D eigenvalue weighted by Crippen LogP contribution is 2.36. The van der Waals surface area contributed by atoms with Gasteiger partial charge in [0.1, 0.15) is 23.1 Å². The first kappa shape index (κ1) is 30.0. The van der Waals surface area contributed by atoms with Crippen LogP contribution in [-0.4, -0.2) is 24.2 Å². The number of halogens is 3. The normalized spacial score (nSPS) is 11.1. The fourth-order valence-electron chi connectivity index (χ4n) is 3.70. The number of nitrogens with zero attached hydrogens (tertiary/aromatic N) is 2. The van der Waals surface area contributed by atoms with E-state index >= 15 is 0 Å². The van der Waals surface area contributed by atoms with E-state index in [4.69, 9.17) is 24.5 Å². The molecule has 4 rings (SSSR count). The van der Waals surface area contributed by atoms with Crippen LogP contribution in [0.3, 0.4) is 0 Å². The lowest BCUT2D eigenvalue weighted by Gasteiger charge is -2.10. The molecule has 212 valence electrons. The summed E-state index contributed by atoms with van der Waals surface area (Å²) >= 11 is 2.95. The summed E-state index contributed by atoms with van der Waals surface area (Å²) in [5, 5.41) is 9.74. The Hall–Kier alpha value is -4.01. The second kappa shape index (κ2) is 13.6. The molecule has 0 atom stereocenters. The molecule has 0 amide bonds. The zero-order valence-electron chi connectivity index (χ0n) is 22.2. The molecule has 4 aromatic rings. The molecular weight excluding hydrogens is 573 g/mol. The van der Waals surface area contributed by atoms with Gasteiger partial charge in [-0.25, -0.2) is 9.78 Å². The third-order valence-electron chi connectivity index (χ3n) is 5.74. The van der Waals surface area contributed by atoms with E-state index in [9.17, 15) is 18.0 Å². The summed E-state index contributed by atoms with van der Waals surface area (Å²) in [6, 6.07) is 19.4. The number of hydrogen-bond acceptors (Lipinski definition) is 8. The van der Waals surface area contributed by atoms with E-state index in [1.165, 1.54) is 23.5 Å². The number of benzene rings is 3. The van der Waals surface area contributed by atoms with Gasteiger partial charge in [0.2, 0.25) is 0 Å². The van der Waals surface area contributed by atoms with Crippen LogP contribution in [0.4, 0.5) is 13.2 Å². The lowest BCUT2D eigenvalue weighted by Crippen LogP contribution is -2.14. The lowest BCUT2D eigenvalue weighted by molar-refractivity contribution is -0.145. The molecule has 1 heterocycles. The molecule has 0 bridgehead atoms. The monoisotopic (exact) mass is 598 g/mol. The lowest BCUT2D eigenvalue weighted by atomic mass is 10.1. The summed E-state index contributed by atoms with van der Waals surface area (Å²) in [6.07, 6.45) is -4.42. The summed E-state index contributed by atoms with van der Waals surface area (Å²) in [5.74, 6) is 1.20. The van der Waals surface area contributed by atoms with Gasteiger partial charge < -0.3 is 14.2 Å². The molecule has 0 saturated carbocycles. The summed E-state index contributed by atoms with van der Waals surface area (Å²) in [6.45, 7) is 3.86. The first-order valence-electron chi connectivity index (χ1n) is 12.5. The zero-order chi connectivity index (χ0) is 29.4. The van der Waals surface area contributed by atoms with Crippen molar-refractivity contribution in [2.75, 3.05) is 13.2 Å². The van der Waals surface area contributed by atoms with Crippen LogP contribution in [-0.2, 0) is 28.1 Å². The third-order valence-corrected chi connectivity index (χ3v) is 8.09. The molecule has 0 saturated heterocycles. The number of carbonyl (C=O) groups is 1. The van der Waals surface area contributed by atoms with Gasteiger partial charge in [-0.3, -0.25) is 0 Å². The number of carbonyl (C=O) groups excluding carboxylic acids is 1. The van der Waals surface area contributed by atoms with E-state index < -0.39 is 17.7 Å². The largest absolute Gasteiger partial charge is 0.487 e. The number of aromatic nitrogens is 1.